The molecule has 3 aliphatic rings. The standard InChI is InChI=1S/C32H39F5O/c1-20-2-4-21(5-3-20)23-10-14-27(15-11-23)32(36,37)38-28-16-12-24(13-17-28)22-6-8-25(9-7-22)26-18-29(33)31(35)30(34)19-26/h2-5,18-19,22-25,27-28H,6-17H2,1H3. The van der Waals surface area contributed by atoms with Crippen molar-refractivity contribution < 1.29 is 26.7 Å². The molecule has 0 amide bonds. The SMILES string of the molecule is Cc1ccc(C2CCC(C(F)(F)OC3CCC(C4CCC(c5cc(F)c(F)c(F)c5)CC4)CC3)CC2)cc1. The lowest BCUT2D eigenvalue weighted by molar-refractivity contribution is -0.301. The summed E-state index contributed by atoms with van der Waals surface area (Å²) < 4.78 is 76.3. The van der Waals surface area contributed by atoms with Crippen LogP contribution in [0.15, 0.2) is 36.4 Å². The predicted octanol–water partition coefficient (Wildman–Crippen LogP) is 9.83. The van der Waals surface area contributed by atoms with Crippen molar-refractivity contribution >= 4 is 0 Å². The molecular weight excluding hydrogens is 495 g/mol. The second kappa shape index (κ2) is 11.7. The van der Waals surface area contributed by atoms with Gasteiger partial charge in [-0.2, -0.15) is 8.78 Å². The van der Waals surface area contributed by atoms with E-state index in [0.29, 0.717) is 49.0 Å². The lowest BCUT2D eigenvalue weighted by Crippen LogP contribution is -2.39. The van der Waals surface area contributed by atoms with Gasteiger partial charge in [0.2, 0.25) is 0 Å². The molecule has 0 unspecified atom stereocenters. The maximum Gasteiger partial charge on any atom is 0.358 e. The van der Waals surface area contributed by atoms with Gasteiger partial charge in [0, 0.05) is 0 Å². The molecule has 0 aromatic heterocycles. The highest BCUT2D eigenvalue weighted by Crippen LogP contribution is 2.47. The number of rotatable bonds is 6. The highest BCUT2D eigenvalue weighted by Gasteiger charge is 2.45. The second-order valence-electron chi connectivity index (χ2n) is 12.1. The van der Waals surface area contributed by atoms with Crippen molar-refractivity contribution in [2.24, 2.45) is 17.8 Å². The summed E-state index contributed by atoms with van der Waals surface area (Å²) in [5.74, 6) is -3.01. The number of alkyl halides is 2. The van der Waals surface area contributed by atoms with E-state index in [1.54, 1.807) is 0 Å². The maximum atomic E-state index is 15.1. The summed E-state index contributed by atoms with van der Waals surface area (Å²) in [4.78, 5) is 0. The van der Waals surface area contributed by atoms with Gasteiger partial charge < -0.3 is 4.74 Å². The fourth-order valence-corrected chi connectivity index (χ4v) is 7.33. The molecule has 2 aromatic rings. The Balaban J connectivity index is 1.06. The lowest BCUT2D eigenvalue weighted by atomic mass is 9.69. The first-order valence-corrected chi connectivity index (χ1v) is 14.5. The predicted molar refractivity (Wildman–Crippen MR) is 139 cm³/mol. The van der Waals surface area contributed by atoms with Gasteiger partial charge in [0.25, 0.3) is 0 Å². The first-order valence-electron chi connectivity index (χ1n) is 14.5. The van der Waals surface area contributed by atoms with E-state index in [-0.39, 0.29) is 5.92 Å². The zero-order valence-electron chi connectivity index (χ0n) is 22.2. The number of halogens is 5. The van der Waals surface area contributed by atoms with E-state index in [2.05, 4.69) is 31.2 Å². The van der Waals surface area contributed by atoms with Crippen molar-refractivity contribution in [2.45, 2.75) is 108 Å². The summed E-state index contributed by atoms with van der Waals surface area (Å²) in [5.41, 5.74) is 3.00. The Hall–Kier alpha value is -1.95. The van der Waals surface area contributed by atoms with Gasteiger partial charge in [-0.05, 0) is 131 Å². The number of benzene rings is 2. The first-order chi connectivity index (χ1) is 18.2. The van der Waals surface area contributed by atoms with E-state index in [1.165, 1.54) is 11.1 Å². The van der Waals surface area contributed by atoms with Crippen LogP contribution in [0.1, 0.15) is 106 Å². The van der Waals surface area contributed by atoms with Crippen LogP contribution in [0.5, 0.6) is 0 Å². The van der Waals surface area contributed by atoms with E-state index in [4.69, 9.17) is 4.74 Å². The minimum atomic E-state index is -3.08. The monoisotopic (exact) mass is 534 g/mol. The summed E-state index contributed by atoms with van der Waals surface area (Å²) in [5, 5.41) is 0. The molecular formula is C32H39F5O. The highest BCUT2D eigenvalue weighted by molar-refractivity contribution is 5.25. The molecule has 38 heavy (non-hydrogen) atoms. The topological polar surface area (TPSA) is 9.23 Å². The van der Waals surface area contributed by atoms with Gasteiger partial charge in [-0.15, -0.1) is 0 Å². The van der Waals surface area contributed by atoms with Crippen molar-refractivity contribution in [3.05, 3.63) is 70.5 Å². The number of aryl methyl sites for hydroxylation is 1. The highest BCUT2D eigenvalue weighted by atomic mass is 19.3. The van der Waals surface area contributed by atoms with E-state index in [9.17, 15) is 13.2 Å². The van der Waals surface area contributed by atoms with Gasteiger partial charge in [0.15, 0.2) is 17.5 Å². The smallest absolute Gasteiger partial charge is 0.317 e. The van der Waals surface area contributed by atoms with Crippen LogP contribution >= 0.6 is 0 Å². The Morgan fingerprint density at radius 2 is 1.11 bits per heavy atom. The van der Waals surface area contributed by atoms with Crippen LogP contribution in [0.25, 0.3) is 0 Å². The molecule has 0 radical (unpaired) electrons. The molecule has 0 heterocycles. The quantitative estimate of drug-likeness (QED) is 0.265. The van der Waals surface area contributed by atoms with Crippen molar-refractivity contribution in [2.75, 3.05) is 0 Å². The van der Waals surface area contributed by atoms with Crippen LogP contribution in [0, 0.1) is 42.1 Å². The van der Waals surface area contributed by atoms with Crippen molar-refractivity contribution in [1.82, 2.24) is 0 Å². The molecule has 0 atom stereocenters. The summed E-state index contributed by atoms with van der Waals surface area (Å²) in [6, 6.07) is 10.7. The Kier molecular flexibility index (Phi) is 8.47. The van der Waals surface area contributed by atoms with Crippen LogP contribution in [0.3, 0.4) is 0 Å². The number of hydrogen-bond acceptors (Lipinski definition) is 1. The molecule has 0 bridgehead atoms. The fourth-order valence-electron chi connectivity index (χ4n) is 7.33. The van der Waals surface area contributed by atoms with Gasteiger partial charge >= 0.3 is 6.11 Å². The van der Waals surface area contributed by atoms with Crippen LogP contribution in [0.4, 0.5) is 22.0 Å². The minimum Gasteiger partial charge on any atom is -0.317 e. The maximum absolute atomic E-state index is 15.1. The Bertz CT molecular complexity index is 1040. The molecule has 0 aliphatic heterocycles. The molecule has 6 heteroatoms. The summed E-state index contributed by atoms with van der Waals surface area (Å²) in [6.45, 7) is 2.05. The molecule has 0 spiro atoms. The zero-order chi connectivity index (χ0) is 26.9. The van der Waals surface area contributed by atoms with E-state index >= 15 is 8.78 Å². The third kappa shape index (κ3) is 6.26. The summed E-state index contributed by atoms with van der Waals surface area (Å²) in [7, 11) is 0. The minimum absolute atomic E-state index is 0.0373. The average molecular weight is 535 g/mol. The van der Waals surface area contributed by atoms with Gasteiger partial charge in [-0.25, -0.2) is 13.2 Å². The molecule has 0 N–H and O–H groups in total. The number of ether oxygens (including phenoxy) is 1. The van der Waals surface area contributed by atoms with Crippen LogP contribution in [-0.2, 0) is 4.74 Å². The van der Waals surface area contributed by atoms with Gasteiger partial charge in [-0.3, -0.25) is 0 Å². The molecule has 2 aromatic carbocycles. The molecule has 5 rings (SSSR count). The Morgan fingerprint density at radius 1 is 0.632 bits per heavy atom. The van der Waals surface area contributed by atoms with Gasteiger partial charge in [0.1, 0.15) is 0 Å². The summed E-state index contributed by atoms with van der Waals surface area (Å²) in [6.07, 6.45) is 5.68. The largest absolute Gasteiger partial charge is 0.358 e. The first kappa shape index (κ1) is 27.6. The molecule has 208 valence electrons. The summed E-state index contributed by atoms with van der Waals surface area (Å²) >= 11 is 0. The lowest BCUT2D eigenvalue weighted by Gasteiger charge is -2.40. The molecule has 1 nitrogen and oxygen atoms in total. The zero-order valence-corrected chi connectivity index (χ0v) is 22.2. The Labute approximate surface area is 223 Å². The average Bonchev–Trinajstić information content (AvgIpc) is 2.92. The molecule has 0 saturated heterocycles. The van der Waals surface area contributed by atoms with E-state index in [0.717, 1.165) is 63.5 Å². The van der Waals surface area contributed by atoms with Crippen molar-refractivity contribution in [3.63, 3.8) is 0 Å². The second-order valence-corrected chi connectivity index (χ2v) is 12.1. The fraction of sp³-hybridized carbons (Fsp3) is 0.625. The molecule has 3 aliphatic carbocycles. The van der Waals surface area contributed by atoms with Crippen LogP contribution in [-0.4, -0.2) is 12.2 Å². The van der Waals surface area contributed by atoms with Crippen LogP contribution < -0.4 is 0 Å². The molecule has 3 saturated carbocycles. The van der Waals surface area contributed by atoms with Crippen molar-refractivity contribution in [3.8, 4) is 0 Å². The van der Waals surface area contributed by atoms with E-state index < -0.39 is 35.6 Å². The van der Waals surface area contributed by atoms with Crippen molar-refractivity contribution in [1.29, 1.82) is 0 Å². The molecule has 3 fully saturated rings. The normalized spacial score (nSPS) is 30.8. The number of hydrogen-bond donors (Lipinski definition) is 0. The van der Waals surface area contributed by atoms with Gasteiger partial charge in [-0.1, -0.05) is 29.8 Å². The van der Waals surface area contributed by atoms with Gasteiger partial charge in [0.05, 0.1) is 12.0 Å². The third-order valence-electron chi connectivity index (χ3n) is 9.71. The van der Waals surface area contributed by atoms with E-state index in [1.807, 2.05) is 0 Å². The third-order valence-corrected chi connectivity index (χ3v) is 9.71. The van der Waals surface area contributed by atoms with Crippen LogP contribution in [0.2, 0.25) is 0 Å². The Morgan fingerprint density at radius 3 is 1.66 bits per heavy atom.